The maximum absolute atomic E-state index is 4.67. The lowest BCUT2D eigenvalue weighted by Crippen LogP contribution is -2.23. The minimum atomic E-state index is -0.135. The van der Waals surface area contributed by atoms with Crippen molar-refractivity contribution in [3.63, 3.8) is 0 Å². The predicted molar refractivity (Wildman–Crippen MR) is 104 cm³/mol. The lowest BCUT2D eigenvalue weighted by molar-refractivity contribution is 0.354. The van der Waals surface area contributed by atoms with Crippen molar-refractivity contribution in [2.45, 2.75) is 72.5 Å². The average Bonchev–Trinajstić information content (AvgIpc) is 3.10. The molecule has 0 aliphatic carbocycles. The van der Waals surface area contributed by atoms with Gasteiger partial charge < -0.3 is 5.32 Å². The minimum Gasteiger partial charge on any atom is -0.363 e. The van der Waals surface area contributed by atoms with E-state index in [1.54, 1.807) is 6.33 Å². The van der Waals surface area contributed by atoms with Gasteiger partial charge in [0.2, 0.25) is 0 Å². The maximum Gasteiger partial charge on any atom is 0.163 e. The molecule has 140 valence electrons. The number of aryl methyl sites for hydroxylation is 1. The molecule has 3 aromatic heterocycles. The van der Waals surface area contributed by atoms with E-state index in [0.717, 1.165) is 28.1 Å². The van der Waals surface area contributed by atoms with Crippen LogP contribution in [0.3, 0.4) is 0 Å². The predicted octanol–water partition coefficient (Wildman–Crippen LogP) is 4.01. The molecule has 0 fully saturated rings. The van der Waals surface area contributed by atoms with Crippen LogP contribution in [0.5, 0.6) is 0 Å². The Morgan fingerprint density at radius 3 is 2.31 bits per heavy atom. The molecule has 3 rings (SSSR count). The summed E-state index contributed by atoms with van der Waals surface area (Å²) < 4.78 is 3.95. The number of hydrogen-bond acceptors (Lipinski definition) is 5. The molecule has 0 radical (unpaired) electrons. The van der Waals surface area contributed by atoms with Crippen molar-refractivity contribution in [2.75, 3.05) is 5.32 Å². The number of nitrogens with one attached hydrogen (secondary N) is 1. The van der Waals surface area contributed by atoms with Gasteiger partial charge in [0.25, 0.3) is 0 Å². The third-order valence-corrected chi connectivity index (χ3v) is 4.45. The average molecular weight is 355 g/mol. The van der Waals surface area contributed by atoms with E-state index >= 15 is 0 Å². The van der Waals surface area contributed by atoms with E-state index in [1.165, 1.54) is 0 Å². The van der Waals surface area contributed by atoms with Crippen molar-refractivity contribution in [2.24, 2.45) is 0 Å². The zero-order valence-corrected chi connectivity index (χ0v) is 17.0. The van der Waals surface area contributed by atoms with E-state index < -0.39 is 0 Å². The van der Waals surface area contributed by atoms with Gasteiger partial charge in [-0.3, -0.25) is 4.68 Å². The van der Waals surface area contributed by atoms with Crippen molar-refractivity contribution in [1.29, 1.82) is 0 Å². The molecule has 3 aromatic rings. The Morgan fingerprint density at radius 1 is 1.04 bits per heavy atom. The van der Waals surface area contributed by atoms with Crippen LogP contribution in [-0.4, -0.2) is 29.5 Å². The van der Waals surface area contributed by atoms with Crippen LogP contribution >= 0.6 is 0 Å². The Hall–Kier alpha value is -2.44. The van der Waals surface area contributed by atoms with Crippen LogP contribution < -0.4 is 5.32 Å². The van der Waals surface area contributed by atoms with Gasteiger partial charge in [0, 0.05) is 11.8 Å². The van der Waals surface area contributed by atoms with Crippen molar-refractivity contribution < 1.29 is 0 Å². The highest BCUT2D eigenvalue weighted by Gasteiger charge is 2.22. The van der Waals surface area contributed by atoms with E-state index in [0.29, 0.717) is 0 Å². The Kier molecular flexibility index (Phi) is 4.29. The number of hydrogen-bond donors (Lipinski definition) is 1. The molecule has 1 atom stereocenters. The van der Waals surface area contributed by atoms with Gasteiger partial charge in [0.05, 0.1) is 34.4 Å². The summed E-state index contributed by atoms with van der Waals surface area (Å²) in [6.07, 6.45) is 5.54. The molecule has 0 spiro atoms. The summed E-state index contributed by atoms with van der Waals surface area (Å²) in [6, 6.07) is 0.0715. The molecule has 0 aliphatic rings. The van der Waals surface area contributed by atoms with E-state index in [4.69, 9.17) is 0 Å². The fourth-order valence-corrected chi connectivity index (χ4v) is 2.97. The fraction of sp³-hybridized carbons (Fsp3) is 0.579. The zero-order chi connectivity index (χ0) is 19.3. The van der Waals surface area contributed by atoms with Gasteiger partial charge in [-0.25, -0.2) is 14.6 Å². The highest BCUT2D eigenvalue weighted by Crippen LogP contribution is 2.28. The number of aromatic nitrogens is 6. The first-order valence-corrected chi connectivity index (χ1v) is 9.01. The third kappa shape index (κ3) is 3.30. The molecule has 1 N–H and O–H groups in total. The molecule has 3 heterocycles. The monoisotopic (exact) mass is 355 g/mol. The summed E-state index contributed by atoms with van der Waals surface area (Å²) in [7, 11) is 0. The first-order valence-electron chi connectivity index (χ1n) is 9.01. The molecule has 7 nitrogen and oxygen atoms in total. The summed E-state index contributed by atoms with van der Waals surface area (Å²) in [6.45, 7) is 17.0. The number of rotatable bonds is 3. The van der Waals surface area contributed by atoms with Gasteiger partial charge in [-0.1, -0.05) is 0 Å². The molecule has 26 heavy (non-hydrogen) atoms. The molecule has 7 heteroatoms. The number of nitrogens with zero attached hydrogens (tertiary/aromatic N) is 6. The highest BCUT2D eigenvalue weighted by atomic mass is 15.3. The van der Waals surface area contributed by atoms with E-state index in [-0.39, 0.29) is 17.1 Å². The van der Waals surface area contributed by atoms with E-state index in [2.05, 4.69) is 80.1 Å². The molecular formula is C19H29N7. The number of anilines is 1. The fourth-order valence-electron chi connectivity index (χ4n) is 2.97. The van der Waals surface area contributed by atoms with Gasteiger partial charge in [0.15, 0.2) is 5.65 Å². The second kappa shape index (κ2) is 6.07. The van der Waals surface area contributed by atoms with Crippen LogP contribution in [0.1, 0.15) is 65.8 Å². The van der Waals surface area contributed by atoms with Crippen LogP contribution in [0.2, 0.25) is 0 Å². The molecule has 0 amide bonds. The van der Waals surface area contributed by atoms with Gasteiger partial charge in [-0.2, -0.15) is 10.2 Å². The summed E-state index contributed by atoms with van der Waals surface area (Å²) >= 11 is 0. The molecule has 0 aromatic carbocycles. The molecule has 0 aliphatic heterocycles. The number of fused-ring (bicyclic) bond motifs is 1. The zero-order valence-electron chi connectivity index (χ0n) is 17.0. The summed E-state index contributed by atoms with van der Waals surface area (Å²) in [5, 5.41) is 13.6. The van der Waals surface area contributed by atoms with Crippen LogP contribution in [0.15, 0.2) is 18.7 Å². The first-order chi connectivity index (χ1) is 12.0. The molecule has 0 bridgehead atoms. The van der Waals surface area contributed by atoms with E-state index in [1.807, 2.05) is 22.5 Å². The largest absolute Gasteiger partial charge is 0.363 e. The van der Waals surface area contributed by atoms with Crippen molar-refractivity contribution in [3.05, 3.63) is 30.0 Å². The summed E-state index contributed by atoms with van der Waals surface area (Å²) in [5.41, 5.74) is 2.84. The second-order valence-electron chi connectivity index (χ2n) is 8.84. The van der Waals surface area contributed by atoms with Gasteiger partial charge in [-0.15, -0.1) is 0 Å². The quantitative estimate of drug-likeness (QED) is 0.768. The highest BCUT2D eigenvalue weighted by molar-refractivity contribution is 5.86. The Morgan fingerprint density at radius 2 is 1.73 bits per heavy atom. The summed E-state index contributed by atoms with van der Waals surface area (Å²) in [5.74, 6) is 0.793. The van der Waals surface area contributed by atoms with Crippen molar-refractivity contribution >= 4 is 16.9 Å². The van der Waals surface area contributed by atoms with Crippen LogP contribution in [-0.2, 0) is 11.1 Å². The Bertz CT molecular complexity index is 922. The lowest BCUT2D eigenvalue weighted by atomic mass is 10.1. The van der Waals surface area contributed by atoms with Crippen LogP contribution in [0.4, 0.5) is 5.82 Å². The van der Waals surface area contributed by atoms with Gasteiger partial charge >= 0.3 is 0 Å². The van der Waals surface area contributed by atoms with Crippen LogP contribution in [0.25, 0.3) is 11.0 Å². The van der Waals surface area contributed by atoms with Gasteiger partial charge in [-0.05, 0) is 55.4 Å². The first kappa shape index (κ1) is 18.4. The second-order valence-corrected chi connectivity index (χ2v) is 8.84. The Labute approximate surface area is 154 Å². The smallest absolute Gasteiger partial charge is 0.163 e. The SMILES string of the molecule is Cc1nn(C(C)(C)C)cc1C(C)Nc1ncnc2c1cnn2C(C)(C)C. The maximum atomic E-state index is 4.67. The minimum absolute atomic E-state index is 0.0429. The molecule has 0 saturated heterocycles. The molecular weight excluding hydrogens is 326 g/mol. The van der Waals surface area contributed by atoms with Crippen molar-refractivity contribution in [1.82, 2.24) is 29.5 Å². The standard InChI is InChI=1S/C19H29N7/c1-12(15-10-25(18(3,4)5)24-13(15)2)23-16-14-9-22-26(19(6,7)8)17(14)21-11-20-16/h9-12H,1-8H3,(H,20,21,23). The van der Waals surface area contributed by atoms with E-state index in [9.17, 15) is 0 Å². The van der Waals surface area contributed by atoms with Gasteiger partial charge in [0.1, 0.15) is 12.1 Å². The Balaban J connectivity index is 1.95. The topological polar surface area (TPSA) is 73.5 Å². The van der Waals surface area contributed by atoms with Crippen LogP contribution in [0, 0.1) is 6.92 Å². The van der Waals surface area contributed by atoms with Crippen molar-refractivity contribution in [3.8, 4) is 0 Å². The molecule has 1 unspecified atom stereocenters. The molecule has 0 saturated carbocycles. The summed E-state index contributed by atoms with van der Waals surface area (Å²) in [4.78, 5) is 8.89. The lowest BCUT2D eigenvalue weighted by Gasteiger charge is -2.20. The normalized spacial score (nSPS) is 14.0. The third-order valence-electron chi connectivity index (χ3n) is 4.45.